The van der Waals surface area contributed by atoms with Gasteiger partial charge in [-0.05, 0) is 12.1 Å². The highest BCUT2D eigenvalue weighted by Crippen LogP contribution is 2.36. The number of nitrogens with zero attached hydrogens (tertiary/aromatic N) is 2. The first-order valence-electron chi connectivity index (χ1n) is 6.83. The Labute approximate surface area is 134 Å². The van der Waals surface area contributed by atoms with Crippen molar-refractivity contribution in [2.24, 2.45) is 0 Å². The number of hydrazine groups is 1. The van der Waals surface area contributed by atoms with Crippen molar-refractivity contribution in [2.75, 3.05) is 5.43 Å². The lowest BCUT2D eigenvalue weighted by Gasteiger charge is -2.18. The van der Waals surface area contributed by atoms with Gasteiger partial charge in [-0.2, -0.15) is 18.2 Å². The summed E-state index contributed by atoms with van der Waals surface area (Å²) in [4.78, 5) is 27.0. The maximum absolute atomic E-state index is 13.2. The van der Waals surface area contributed by atoms with Crippen molar-refractivity contribution in [1.29, 1.82) is 0 Å². The molecule has 5 nitrogen and oxygen atoms in total. The smallest absolute Gasteiger partial charge is 0.271 e. The van der Waals surface area contributed by atoms with E-state index >= 15 is 0 Å². The molecule has 0 saturated heterocycles. The third kappa shape index (κ3) is 2.98. The number of pyridine rings is 1. The van der Waals surface area contributed by atoms with Crippen molar-refractivity contribution in [3.05, 3.63) is 60.2 Å². The number of amides is 2. The van der Waals surface area contributed by atoms with E-state index in [1.807, 2.05) is 0 Å². The van der Waals surface area contributed by atoms with Crippen molar-refractivity contribution in [2.45, 2.75) is 6.18 Å². The molecular formula is C16H10F3N3O2. The van der Waals surface area contributed by atoms with Gasteiger partial charge in [0.15, 0.2) is 0 Å². The van der Waals surface area contributed by atoms with Gasteiger partial charge in [-0.15, -0.1) is 0 Å². The molecule has 1 N–H and O–H groups in total. The minimum Gasteiger partial charge on any atom is -0.271 e. The van der Waals surface area contributed by atoms with Crippen LogP contribution in [0, 0.1) is 0 Å². The van der Waals surface area contributed by atoms with Crippen LogP contribution in [0.15, 0.2) is 54.6 Å². The van der Waals surface area contributed by atoms with Gasteiger partial charge >= 0.3 is 6.18 Å². The molecule has 0 unspecified atom stereocenters. The summed E-state index contributed by atoms with van der Waals surface area (Å²) in [6.07, 6.45) is -2.48. The Kier molecular flexibility index (Phi) is 3.80. The number of carbonyl (C=O) groups is 2. The Hall–Kier alpha value is -3.16. The van der Waals surface area contributed by atoms with Crippen molar-refractivity contribution in [3.63, 3.8) is 0 Å². The molecule has 0 atom stereocenters. The second kappa shape index (κ2) is 5.80. The molecule has 0 aliphatic carbocycles. The van der Waals surface area contributed by atoms with E-state index in [2.05, 4.69) is 10.4 Å². The van der Waals surface area contributed by atoms with E-state index in [4.69, 9.17) is 0 Å². The fraction of sp³-hybridized carbons (Fsp3) is 0.0625. The average Bonchev–Trinajstić information content (AvgIpc) is 2.86. The maximum Gasteiger partial charge on any atom is 0.418 e. The minimum absolute atomic E-state index is 0.0488. The SMILES string of the molecule is O=C1C=CC(=O)N1Nc1ccc(C(F)(F)F)c(-c2ccccc2)n1. The van der Waals surface area contributed by atoms with Gasteiger partial charge in [0.25, 0.3) is 11.8 Å². The number of hydrogen-bond donors (Lipinski definition) is 1. The van der Waals surface area contributed by atoms with E-state index in [-0.39, 0.29) is 17.1 Å². The first-order chi connectivity index (χ1) is 11.4. The van der Waals surface area contributed by atoms with Crippen LogP contribution in [0.2, 0.25) is 0 Å². The third-order valence-corrected chi connectivity index (χ3v) is 3.28. The molecule has 0 saturated carbocycles. The van der Waals surface area contributed by atoms with Crippen molar-refractivity contribution in [1.82, 2.24) is 9.99 Å². The van der Waals surface area contributed by atoms with Crippen LogP contribution in [0.1, 0.15) is 5.56 Å². The Morgan fingerprint density at radius 2 is 1.54 bits per heavy atom. The van der Waals surface area contributed by atoms with Crippen LogP contribution in [-0.4, -0.2) is 21.8 Å². The van der Waals surface area contributed by atoms with Gasteiger partial charge in [0.1, 0.15) is 5.82 Å². The summed E-state index contributed by atoms with van der Waals surface area (Å²) in [6, 6.07) is 9.77. The molecule has 1 aliphatic rings. The van der Waals surface area contributed by atoms with Gasteiger partial charge in [0.05, 0.1) is 11.3 Å². The predicted molar refractivity (Wildman–Crippen MR) is 79.3 cm³/mol. The Balaban J connectivity index is 2.02. The number of halogens is 3. The summed E-state index contributed by atoms with van der Waals surface area (Å²) in [5.74, 6) is -1.29. The van der Waals surface area contributed by atoms with Gasteiger partial charge in [0, 0.05) is 17.7 Å². The van der Waals surface area contributed by atoms with Crippen LogP contribution in [0.4, 0.5) is 19.0 Å². The number of aromatic nitrogens is 1. The molecule has 8 heteroatoms. The van der Waals surface area contributed by atoms with E-state index in [1.165, 1.54) is 12.1 Å². The van der Waals surface area contributed by atoms with E-state index in [0.29, 0.717) is 5.01 Å². The molecule has 0 spiro atoms. The van der Waals surface area contributed by atoms with Gasteiger partial charge in [-0.25, -0.2) is 4.98 Å². The molecule has 2 aromatic rings. The first kappa shape index (κ1) is 15.7. The number of rotatable bonds is 3. The molecule has 0 bridgehead atoms. The molecule has 24 heavy (non-hydrogen) atoms. The second-order valence-electron chi connectivity index (χ2n) is 4.91. The largest absolute Gasteiger partial charge is 0.418 e. The molecule has 122 valence electrons. The molecule has 1 aliphatic heterocycles. The van der Waals surface area contributed by atoms with Crippen LogP contribution < -0.4 is 5.43 Å². The Morgan fingerprint density at radius 1 is 0.917 bits per heavy atom. The number of nitrogens with one attached hydrogen (secondary N) is 1. The Morgan fingerprint density at radius 3 is 2.12 bits per heavy atom. The van der Waals surface area contributed by atoms with Crippen LogP contribution in [0.25, 0.3) is 11.3 Å². The summed E-state index contributed by atoms with van der Waals surface area (Å²) in [6.45, 7) is 0. The topological polar surface area (TPSA) is 62.3 Å². The fourth-order valence-electron chi connectivity index (χ4n) is 2.19. The number of alkyl halides is 3. The molecule has 0 radical (unpaired) electrons. The van der Waals surface area contributed by atoms with E-state index in [1.54, 1.807) is 18.2 Å². The number of imide groups is 1. The molecular weight excluding hydrogens is 323 g/mol. The van der Waals surface area contributed by atoms with E-state index in [0.717, 1.165) is 24.3 Å². The van der Waals surface area contributed by atoms with E-state index in [9.17, 15) is 22.8 Å². The van der Waals surface area contributed by atoms with Gasteiger partial charge in [0.2, 0.25) is 0 Å². The predicted octanol–water partition coefficient (Wildman–Crippen LogP) is 3.02. The summed E-state index contributed by atoms with van der Waals surface area (Å²) >= 11 is 0. The lowest BCUT2D eigenvalue weighted by atomic mass is 10.1. The van der Waals surface area contributed by atoms with Crippen molar-refractivity contribution < 1.29 is 22.8 Å². The highest BCUT2D eigenvalue weighted by molar-refractivity contribution is 6.13. The first-order valence-corrected chi connectivity index (χ1v) is 6.83. The lowest BCUT2D eigenvalue weighted by Crippen LogP contribution is -2.35. The zero-order chi connectivity index (χ0) is 17.3. The van der Waals surface area contributed by atoms with Crippen molar-refractivity contribution >= 4 is 17.6 Å². The number of benzene rings is 1. The normalized spacial score (nSPS) is 14.4. The zero-order valence-corrected chi connectivity index (χ0v) is 12.0. The fourth-order valence-corrected chi connectivity index (χ4v) is 2.19. The molecule has 1 aromatic carbocycles. The van der Waals surface area contributed by atoms with Crippen LogP contribution in [-0.2, 0) is 15.8 Å². The number of hydrogen-bond acceptors (Lipinski definition) is 4. The van der Waals surface area contributed by atoms with Crippen LogP contribution in [0.3, 0.4) is 0 Å². The maximum atomic E-state index is 13.2. The number of carbonyl (C=O) groups excluding carboxylic acids is 2. The molecule has 2 heterocycles. The summed E-state index contributed by atoms with van der Waals surface area (Å²) in [5, 5.41) is 0.671. The molecule has 0 fully saturated rings. The summed E-state index contributed by atoms with van der Waals surface area (Å²) in [5.41, 5.74) is 1.49. The van der Waals surface area contributed by atoms with E-state index < -0.39 is 23.6 Å². The summed E-state index contributed by atoms with van der Waals surface area (Å²) < 4.78 is 39.6. The molecule has 3 rings (SSSR count). The number of anilines is 1. The monoisotopic (exact) mass is 333 g/mol. The second-order valence-corrected chi connectivity index (χ2v) is 4.91. The highest BCUT2D eigenvalue weighted by Gasteiger charge is 2.35. The third-order valence-electron chi connectivity index (χ3n) is 3.28. The zero-order valence-electron chi connectivity index (χ0n) is 12.0. The Bertz CT molecular complexity index is 814. The minimum atomic E-state index is -4.59. The molecule has 2 amide bonds. The highest BCUT2D eigenvalue weighted by atomic mass is 19.4. The average molecular weight is 333 g/mol. The van der Waals surface area contributed by atoms with Crippen LogP contribution in [0.5, 0.6) is 0 Å². The van der Waals surface area contributed by atoms with Crippen molar-refractivity contribution in [3.8, 4) is 11.3 Å². The van der Waals surface area contributed by atoms with Gasteiger partial charge < -0.3 is 0 Å². The molecule has 1 aromatic heterocycles. The summed E-state index contributed by atoms with van der Waals surface area (Å²) in [7, 11) is 0. The van der Waals surface area contributed by atoms with Gasteiger partial charge in [-0.3, -0.25) is 15.0 Å². The quantitative estimate of drug-likeness (QED) is 0.877. The standard InChI is InChI=1S/C16H10F3N3O2/c17-16(18,19)11-6-7-12(21-22-13(23)8-9-14(22)24)20-15(11)10-4-2-1-3-5-10/h1-9H,(H,20,21). The lowest BCUT2D eigenvalue weighted by molar-refractivity contribution is -0.138. The van der Waals surface area contributed by atoms with Crippen LogP contribution >= 0.6 is 0 Å². The van der Waals surface area contributed by atoms with Gasteiger partial charge in [-0.1, -0.05) is 30.3 Å².